The van der Waals surface area contributed by atoms with Gasteiger partial charge in [0.2, 0.25) is 11.0 Å². The zero-order chi connectivity index (χ0) is 12.4. The fourth-order valence-electron chi connectivity index (χ4n) is 1.44. The summed E-state index contributed by atoms with van der Waals surface area (Å²) in [5.41, 5.74) is 0.0199. The maximum absolute atomic E-state index is 13.8. The number of carbonyl (C=O) groups excluding carboxylic acids is 1. The number of benzene rings is 1. The molecule has 1 heterocycles. The van der Waals surface area contributed by atoms with Gasteiger partial charge in [0, 0.05) is 0 Å². The van der Waals surface area contributed by atoms with Crippen LogP contribution < -0.4 is 4.74 Å². The van der Waals surface area contributed by atoms with Gasteiger partial charge in [-0.3, -0.25) is 4.79 Å². The molecule has 0 radical (unpaired) electrons. The van der Waals surface area contributed by atoms with Gasteiger partial charge in [0.15, 0.2) is 11.6 Å². The molecule has 0 amide bonds. The van der Waals surface area contributed by atoms with Gasteiger partial charge in [-0.15, -0.1) is 0 Å². The van der Waals surface area contributed by atoms with Crippen LogP contribution in [0.4, 0.5) is 4.39 Å². The second-order valence-electron chi connectivity index (χ2n) is 3.26. The van der Waals surface area contributed by atoms with Crippen LogP contribution in [-0.2, 0) is 0 Å². The Morgan fingerprint density at radius 2 is 2.12 bits per heavy atom. The van der Waals surface area contributed by atoms with Gasteiger partial charge in [0.25, 0.3) is 0 Å². The first-order valence-corrected chi connectivity index (χ1v) is 5.13. The van der Waals surface area contributed by atoms with E-state index in [9.17, 15) is 9.18 Å². The van der Waals surface area contributed by atoms with Crippen LogP contribution in [-0.4, -0.2) is 12.9 Å². The molecule has 0 saturated carbocycles. The van der Waals surface area contributed by atoms with Crippen molar-refractivity contribution in [2.75, 3.05) is 7.11 Å². The van der Waals surface area contributed by atoms with Crippen LogP contribution in [0.2, 0.25) is 5.22 Å². The van der Waals surface area contributed by atoms with Crippen molar-refractivity contribution in [2.45, 2.75) is 0 Å². The minimum absolute atomic E-state index is 0.00969. The highest BCUT2D eigenvalue weighted by Crippen LogP contribution is 2.25. The van der Waals surface area contributed by atoms with Gasteiger partial charge in [0.1, 0.15) is 0 Å². The van der Waals surface area contributed by atoms with Gasteiger partial charge in [-0.25, -0.2) is 4.39 Å². The Hall–Kier alpha value is -1.81. The van der Waals surface area contributed by atoms with Crippen molar-refractivity contribution in [1.29, 1.82) is 0 Å². The van der Waals surface area contributed by atoms with E-state index in [4.69, 9.17) is 20.8 Å². The second kappa shape index (κ2) is 4.59. The third-order valence-electron chi connectivity index (χ3n) is 2.29. The molecule has 0 spiro atoms. The molecule has 88 valence electrons. The fraction of sp³-hybridized carbons (Fsp3) is 0.0833. The van der Waals surface area contributed by atoms with Crippen molar-refractivity contribution in [1.82, 2.24) is 0 Å². The Morgan fingerprint density at radius 3 is 2.71 bits per heavy atom. The Kier molecular flexibility index (Phi) is 3.15. The van der Waals surface area contributed by atoms with E-state index in [2.05, 4.69) is 0 Å². The molecule has 0 bridgehead atoms. The van der Waals surface area contributed by atoms with Crippen molar-refractivity contribution in [3.8, 4) is 5.75 Å². The number of ether oxygens (including phenoxy) is 1. The van der Waals surface area contributed by atoms with Crippen molar-refractivity contribution in [3.63, 3.8) is 0 Å². The summed E-state index contributed by atoms with van der Waals surface area (Å²) >= 11 is 5.67. The van der Waals surface area contributed by atoms with E-state index in [1.54, 1.807) is 0 Å². The van der Waals surface area contributed by atoms with Crippen LogP contribution in [0.25, 0.3) is 0 Å². The number of halogens is 2. The molecule has 1 aromatic heterocycles. The minimum Gasteiger partial charge on any atom is -0.494 e. The van der Waals surface area contributed by atoms with Gasteiger partial charge < -0.3 is 9.15 Å². The summed E-state index contributed by atoms with van der Waals surface area (Å²) in [7, 11) is 1.33. The molecule has 0 aliphatic carbocycles. The number of rotatable bonds is 3. The lowest BCUT2D eigenvalue weighted by atomic mass is 10.1. The van der Waals surface area contributed by atoms with Crippen LogP contribution in [0, 0.1) is 5.82 Å². The predicted octanol–water partition coefficient (Wildman–Crippen LogP) is 3.31. The van der Waals surface area contributed by atoms with Crippen LogP contribution >= 0.6 is 11.6 Å². The quantitative estimate of drug-likeness (QED) is 0.789. The first-order chi connectivity index (χ1) is 8.15. The van der Waals surface area contributed by atoms with Gasteiger partial charge in [-0.1, -0.05) is 6.07 Å². The van der Waals surface area contributed by atoms with E-state index in [1.165, 1.54) is 37.6 Å². The van der Waals surface area contributed by atoms with E-state index in [-0.39, 0.29) is 22.1 Å². The normalized spacial score (nSPS) is 10.3. The van der Waals surface area contributed by atoms with Crippen molar-refractivity contribution < 1.29 is 18.3 Å². The Balaban J connectivity index is 2.48. The molecular weight excluding hydrogens is 247 g/mol. The summed E-state index contributed by atoms with van der Waals surface area (Å²) in [6.45, 7) is 0. The summed E-state index contributed by atoms with van der Waals surface area (Å²) in [5, 5.41) is -0.0581. The SMILES string of the molecule is COc1cccc(C(=O)c2ccoc2Cl)c1F. The third-order valence-corrected chi connectivity index (χ3v) is 2.58. The summed E-state index contributed by atoms with van der Waals surface area (Å²) in [5.74, 6) is -1.24. The average molecular weight is 255 g/mol. The number of hydrogen-bond donors (Lipinski definition) is 0. The van der Waals surface area contributed by atoms with E-state index >= 15 is 0 Å². The fourth-order valence-corrected chi connectivity index (χ4v) is 1.64. The molecule has 0 aliphatic heterocycles. The number of furan rings is 1. The van der Waals surface area contributed by atoms with Crippen LogP contribution in [0.3, 0.4) is 0 Å². The molecule has 2 aromatic rings. The lowest BCUT2D eigenvalue weighted by Gasteiger charge is -2.05. The summed E-state index contributed by atoms with van der Waals surface area (Å²) in [4.78, 5) is 12.0. The molecule has 0 atom stereocenters. The smallest absolute Gasteiger partial charge is 0.204 e. The zero-order valence-corrected chi connectivity index (χ0v) is 9.62. The largest absolute Gasteiger partial charge is 0.494 e. The topological polar surface area (TPSA) is 39.4 Å². The summed E-state index contributed by atoms with van der Waals surface area (Å²) < 4.78 is 23.4. The Labute approximate surface area is 102 Å². The average Bonchev–Trinajstić information content (AvgIpc) is 2.75. The van der Waals surface area contributed by atoms with Crippen LogP contribution in [0.1, 0.15) is 15.9 Å². The van der Waals surface area contributed by atoms with Gasteiger partial charge in [0.05, 0.1) is 24.5 Å². The van der Waals surface area contributed by atoms with Crippen molar-refractivity contribution in [3.05, 3.63) is 52.7 Å². The van der Waals surface area contributed by atoms with Gasteiger partial charge >= 0.3 is 0 Å². The highest BCUT2D eigenvalue weighted by molar-refractivity contribution is 6.33. The summed E-state index contributed by atoms with van der Waals surface area (Å²) in [6.07, 6.45) is 1.27. The molecule has 1 aromatic carbocycles. The monoisotopic (exact) mass is 254 g/mol. The first-order valence-electron chi connectivity index (χ1n) is 4.75. The standard InChI is InChI=1S/C12H8ClFO3/c1-16-9-4-2-3-7(10(9)14)11(15)8-5-6-17-12(8)13/h2-6H,1H3. The minimum atomic E-state index is -0.711. The molecule has 0 aliphatic rings. The van der Waals surface area contributed by atoms with Crippen LogP contribution in [0.5, 0.6) is 5.75 Å². The Morgan fingerprint density at radius 1 is 1.35 bits per heavy atom. The molecular formula is C12H8ClFO3. The zero-order valence-electron chi connectivity index (χ0n) is 8.87. The van der Waals surface area contributed by atoms with Crippen LogP contribution in [0.15, 0.2) is 34.9 Å². The highest BCUT2D eigenvalue weighted by atomic mass is 35.5. The predicted molar refractivity (Wildman–Crippen MR) is 60.1 cm³/mol. The highest BCUT2D eigenvalue weighted by Gasteiger charge is 2.20. The van der Waals surface area contributed by atoms with Gasteiger partial charge in [-0.2, -0.15) is 0 Å². The van der Waals surface area contributed by atoms with Crippen molar-refractivity contribution in [2.24, 2.45) is 0 Å². The number of methoxy groups -OCH3 is 1. The van der Waals surface area contributed by atoms with Crippen molar-refractivity contribution >= 4 is 17.4 Å². The molecule has 0 saturated heterocycles. The number of hydrogen-bond acceptors (Lipinski definition) is 3. The number of carbonyl (C=O) groups is 1. The molecule has 0 fully saturated rings. The summed E-state index contributed by atoms with van der Waals surface area (Å²) in [6, 6.07) is 5.72. The van der Waals surface area contributed by atoms with E-state index in [1.807, 2.05) is 0 Å². The maximum Gasteiger partial charge on any atom is 0.204 e. The maximum atomic E-state index is 13.8. The first kappa shape index (κ1) is 11.7. The molecule has 5 heteroatoms. The van der Waals surface area contributed by atoms with E-state index in [0.29, 0.717) is 0 Å². The third kappa shape index (κ3) is 2.03. The molecule has 0 N–H and O–H groups in total. The lowest BCUT2D eigenvalue weighted by molar-refractivity contribution is 0.103. The van der Waals surface area contributed by atoms with E-state index in [0.717, 1.165) is 0 Å². The molecule has 3 nitrogen and oxygen atoms in total. The Bertz CT molecular complexity index is 563. The molecule has 17 heavy (non-hydrogen) atoms. The van der Waals surface area contributed by atoms with E-state index < -0.39 is 11.6 Å². The second-order valence-corrected chi connectivity index (χ2v) is 3.60. The molecule has 0 unspecified atom stereocenters. The lowest BCUT2D eigenvalue weighted by Crippen LogP contribution is -2.04. The number of ketones is 1. The molecule has 2 rings (SSSR count). The van der Waals surface area contributed by atoms with Gasteiger partial charge in [-0.05, 0) is 29.8 Å².